The fourth-order valence-electron chi connectivity index (χ4n) is 2.88. The normalized spacial score (nSPS) is 10.6. The van der Waals surface area contributed by atoms with Gasteiger partial charge in [-0.2, -0.15) is 15.0 Å². The van der Waals surface area contributed by atoms with Gasteiger partial charge in [-0.15, -0.1) is 0 Å². The molecule has 3 aromatic rings. The number of para-hydroxylation sites is 1. The third-order valence-corrected chi connectivity index (χ3v) is 4.14. The fraction of sp³-hybridized carbons (Fsp3) is 0.167. The summed E-state index contributed by atoms with van der Waals surface area (Å²) in [6.45, 7) is 5.86. The van der Waals surface area contributed by atoms with E-state index >= 15 is 0 Å². The molecule has 3 rings (SSSR count). The molecule has 6 heteroatoms. The highest BCUT2D eigenvalue weighted by Crippen LogP contribution is 2.24. The molecule has 0 unspecified atom stereocenters. The maximum atomic E-state index is 12.8. The van der Waals surface area contributed by atoms with Gasteiger partial charge in [0.15, 0.2) is 0 Å². The topological polar surface area (TPSA) is 89.6 Å². The number of nitrogen functional groups attached to an aromatic ring is 1. The molecule has 0 bridgehead atoms. The van der Waals surface area contributed by atoms with Crippen LogP contribution in [0.3, 0.4) is 0 Å². The number of hydrogen-bond donors (Lipinski definition) is 1. The Morgan fingerprint density at radius 3 is 2.58 bits per heavy atom. The molecule has 2 aromatic heterocycles. The summed E-state index contributed by atoms with van der Waals surface area (Å²) < 4.78 is 3.11. The number of benzene rings is 1. The van der Waals surface area contributed by atoms with Gasteiger partial charge in [0.1, 0.15) is 17.5 Å². The highest BCUT2D eigenvalue weighted by molar-refractivity contribution is 5.99. The average molecular weight is 319 g/mol. The van der Waals surface area contributed by atoms with Gasteiger partial charge in [0.05, 0.1) is 11.8 Å². The molecule has 24 heavy (non-hydrogen) atoms. The highest BCUT2D eigenvalue weighted by Gasteiger charge is 2.21. The van der Waals surface area contributed by atoms with Crippen molar-refractivity contribution in [3.05, 3.63) is 64.6 Å². The van der Waals surface area contributed by atoms with Crippen molar-refractivity contribution in [2.75, 3.05) is 5.73 Å². The zero-order valence-corrected chi connectivity index (χ0v) is 13.7. The summed E-state index contributed by atoms with van der Waals surface area (Å²) in [5.74, 6) is -0.287. The first-order chi connectivity index (χ1) is 11.5. The number of nitrogens with two attached hydrogens (primary N) is 1. The smallest absolute Gasteiger partial charge is 0.281 e. The number of hydrogen-bond acceptors (Lipinski definition) is 4. The van der Waals surface area contributed by atoms with Gasteiger partial charge < -0.3 is 10.3 Å². The molecule has 0 saturated heterocycles. The Balaban J connectivity index is 2.13. The summed E-state index contributed by atoms with van der Waals surface area (Å²) in [7, 11) is 0. The first-order valence-electron chi connectivity index (χ1n) is 7.49. The Hall–Kier alpha value is -3.33. The van der Waals surface area contributed by atoms with Crippen LogP contribution in [0.5, 0.6) is 0 Å². The van der Waals surface area contributed by atoms with Gasteiger partial charge in [-0.3, -0.25) is 4.79 Å². The molecule has 0 spiro atoms. The van der Waals surface area contributed by atoms with Gasteiger partial charge in [0, 0.05) is 17.1 Å². The standard InChI is InChI=1S/C18H17N5O/c1-11-6-4-5-7-16(11)22-12(2)8-15(13(22)3)18(24)23-17(20)14(9-19)10-21-23/h4-8,10H,20H2,1-3H3. The number of nitrogens with zero attached hydrogens (tertiary/aromatic N) is 4. The van der Waals surface area contributed by atoms with Gasteiger partial charge in [-0.25, -0.2) is 0 Å². The van der Waals surface area contributed by atoms with E-state index in [0.717, 1.165) is 27.3 Å². The Kier molecular flexibility index (Phi) is 3.70. The second-order valence-corrected chi connectivity index (χ2v) is 5.68. The molecule has 0 atom stereocenters. The third kappa shape index (κ3) is 2.27. The van der Waals surface area contributed by atoms with Crippen molar-refractivity contribution in [2.45, 2.75) is 20.8 Å². The molecule has 0 fully saturated rings. The monoisotopic (exact) mass is 319 g/mol. The predicted octanol–water partition coefficient (Wildman–Crippen LogP) is 2.74. The lowest BCUT2D eigenvalue weighted by molar-refractivity contribution is 0.0947. The predicted molar refractivity (Wildman–Crippen MR) is 91.1 cm³/mol. The third-order valence-electron chi connectivity index (χ3n) is 4.14. The van der Waals surface area contributed by atoms with E-state index in [-0.39, 0.29) is 17.3 Å². The van der Waals surface area contributed by atoms with Gasteiger partial charge in [-0.1, -0.05) is 18.2 Å². The zero-order chi connectivity index (χ0) is 17.4. The van der Waals surface area contributed by atoms with E-state index in [1.165, 1.54) is 6.20 Å². The summed E-state index contributed by atoms with van der Waals surface area (Å²) in [5.41, 5.74) is 10.4. The molecule has 0 amide bonds. The lowest BCUT2D eigenvalue weighted by Crippen LogP contribution is -2.17. The first kappa shape index (κ1) is 15.6. The van der Waals surface area contributed by atoms with Crippen molar-refractivity contribution in [3.8, 4) is 11.8 Å². The number of aromatic nitrogens is 3. The van der Waals surface area contributed by atoms with E-state index in [1.807, 2.05) is 61.7 Å². The number of rotatable bonds is 2. The second kappa shape index (κ2) is 5.70. The van der Waals surface area contributed by atoms with E-state index in [2.05, 4.69) is 5.10 Å². The number of carbonyl (C=O) groups excluding carboxylic acids is 1. The zero-order valence-electron chi connectivity index (χ0n) is 13.7. The maximum absolute atomic E-state index is 12.8. The molecule has 0 aliphatic heterocycles. The fourth-order valence-corrected chi connectivity index (χ4v) is 2.88. The van der Waals surface area contributed by atoms with E-state index in [1.54, 1.807) is 0 Å². The van der Waals surface area contributed by atoms with E-state index in [0.29, 0.717) is 5.56 Å². The minimum atomic E-state index is -0.345. The Bertz CT molecular complexity index is 987. The molecule has 0 aliphatic rings. The highest BCUT2D eigenvalue weighted by atomic mass is 16.2. The summed E-state index contributed by atoms with van der Waals surface area (Å²) in [6, 6.07) is 11.7. The Morgan fingerprint density at radius 1 is 1.25 bits per heavy atom. The molecule has 0 radical (unpaired) electrons. The summed E-state index contributed by atoms with van der Waals surface area (Å²) in [5, 5.41) is 12.9. The van der Waals surface area contributed by atoms with Crippen molar-refractivity contribution in [1.29, 1.82) is 5.26 Å². The van der Waals surface area contributed by atoms with Crippen LogP contribution in [-0.4, -0.2) is 20.3 Å². The molecule has 6 nitrogen and oxygen atoms in total. The SMILES string of the molecule is Cc1ccccc1-n1c(C)cc(C(=O)n2ncc(C#N)c2N)c1C. The maximum Gasteiger partial charge on any atom is 0.281 e. The quantitative estimate of drug-likeness (QED) is 0.786. The van der Waals surface area contributed by atoms with E-state index in [4.69, 9.17) is 11.0 Å². The van der Waals surface area contributed by atoms with E-state index in [9.17, 15) is 4.79 Å². The summed E-state index contributed by atoms with van der Waals surface area (Å²) >= 11 is 0. The Labute approximate surface area is 139 Å². The van der Waals surface area contributed by atoms with Crippen molar-refractivity contribution >= 4 is 11.7 Å². The van der Waals surface area contributed by atoms with Crippen molar-refractivity contribution in [3.63, 3.8) is 0 Å². The van der Waals surface area contributed by atoms with Crippen LogP contribution in [0.4, 0.5) is 5.82 Å². The largest absolute Gasteiger partial charge is 0.382 e. The van der Waals surface area contributed by atoms with Crippen molar-refractivity contribution < 1.29 is 4.79 Å². The van der Waals surface area contributed by atoms with Gasteiger partial charge in [0.2, 0.25) is 0 Å². The molecular weight excluding hydrogens is 302 g/mol. The van der Waals surface area contributed by atoms with Crippen LogP contribution in [0.1, 0.15) is 32.9 Å². The number of carbonyl (C=O) groups is 1. The first-order valence-corrected chi connectivity index (χ1v) is 7.49. The van der Waals surface area contributed by atoms with Crippen molar-refractivity contribution in [1.82, 2.24) is 14.3 Å². The number of anilines is 1. The second-order valence-electron chi connectivity index (χ2n) is 5.68. The van der Waals surface area contributed by atoms with Crippen LogP contribution in [0.2, 0.25) is 0 Å². The van der Waals surface area contributed by atoms with Gasteiger partial charge >= 0.3 is 0 Å². The molecule has 0 saturated carbocycles. The molecule has 2 heterocycles. The number of nitriles is 1. The van der Waals surface area contributed by atoms with Crippen LogP contribution < -0.4 is 5.73 Å². The molecule has 1 aromatic carbocycles. The van der Waals surface area contributed by atoms with E-state index < -0.39 is 0 Å². The number of aryl methyl sites for hydroxylation is 2. The van der Waals surface area contributed by atoms with Crippen LogP contribution >= 0.6 is 0 Å². The molecular formula is C18H17N5O. The lowest BCUT2D eigenvalue weighted by Gasteiger charge is -2.12. The van der Waals surface area contributed by atoms with Crippen molar-refractivity contribution in [2.24, 2.45) is 0 Å². The Morgan fingerprint density at radius 2 is 1.96 bits per heavy atom. The summed E-state index contributed by atoms with van der Waals surface area (Å²) in [4.78, 5) is 12.8. The van der Waals surface area contributed by atoms with Gasteiger partial charge in [-0.05, 0) is 38.5 Å². The lowest BCUT2D eigenvalue weighted by atomic mass is 10.2. The van der Waals surface area contributed by atoms with Crippen LogP contribution in [0, 0.1) is 32.1 Å². The molecule has 0 aliphatic carbocycles. The molecule has 2 N–H and O–H groups in total. The molecule has 120 valence electrons. The minimum absolute atomic E-state index is 0.0585. The average Bonchev–Trinajstić information content (AvgIpc) is 3.07. The van der Waals surface area contributed by atoms with Crippen LogP contribution in [0.15, 0.2) is 36.5 Å². The summed E-state index contributed by atoms with van der Waals surface area (Å²) in [6.07, 6.45) is 1.30. The minimum Gasteiger partial charge on any atom is -0.382 e. The van der Waals surface area contributed by atoms with Crippen LogP contribution in [-0.2, 0) is 0 Å². The van der Waals surface area contributed by atoms with Gasteiger partial charge in [0.25, 0.3) is 5.91 Å². The van der Waals surface area contributed by atoms with Crippen LogP contribution in [0.25, 0.3) is 5.69 Å².